The van der Waals surface area contributed by atoms with Gasteiger partial charge in [0.15, 0.2) is 0 Å². The third-order valence-corrected chi connectivity index (χ3v) is 3.60. The number of aryl methyl sites for hydroxylation is 2. The van der Waals surface area contributed by atoms with Crippen molar-refractivity contribution in [3.63, 3.8) is 0 Å². The van der Waals surface area contributed by atoms with Crippen LogP contribution in [-0.2, 0) is 19.6 Å². The van der Waals surface area contributed by atoms with Gasteiger partial charge in [-0.25, -0.2) is 0 Å². The zero-order valence-electron chi connectivity index (χ0n) is 12.2. The Labute approximate surface area is 114 Å². The second kappa shape index (κ2) is 6.02. The minimum Gasteiger partial charge on any atom is -0.304 e. The molecule has 5 heteroatoms. The van der Waals surface area contributed by atoms with Crippen LogP contribution in [-0.4, -0.2) is 19.6 Å². The van der Waals surface area contributed by atoms with Crippen LogP contribution in [0, 0.1) is 6.92 Å². The molecule has 0 spiro atoms. The van der Waals surface area contributed by atoms with E-state index in [0.29, 0.717) is 6.04 Å². The number of nitrogens with zero attached hydrogens (tertiary/aromatic N) is 4. The van der Waals surface area contributed by atoms with Gasteiger partial charge in [0, 0.05) is 43.1 Å². The minimum atomic E-state index is 0.292. The molecule has 0 aromatic carbocycles. The number of hydrogen-bond acceptors (Lipinski definition) is 3. The van der Waals surface area contributed by atoms with E-state index in [2.05, 4.69) is 49.3 Å². The molecular formula is C14H23N5. The fourth-order valence-corrected chi connectivity index (χ4v) is 2.37. The fraction of sp³-hybridized carbons (Fsp3) is 0.571. The third-order valence-electron chi connectivity index (χ3n) is 3.60. The molecule has 0 aliphatic carbocycles. The molecule has 1 atom stereocenters. The second-order valence-electron chi connectivity index (χ2n) is 4.74. The molecule has 2 rings (SSSR count). The first kappa shape index (κ1) is 13.8. The highest BCUT2D eigenvalue weighted by atomic mass is 15.3. The van der Waals surface area contributed by atoms with E-state index in [9.17, 15) is 0 Å². The summed E-state index contributed by atoms with van der Waals surface area (Å²) in [6.07, 6.45) is 3.82. The zero-order valence-corrected chi connectivity index (χ0v) is 12.2. The average molecular weight is 261 g/mol. The smallest absolute Gasteiger partial charge is 0.0540 e. The molecule has 104 valence electrons. The SMILES string of the molecule is CCn1nccc1CNC(C)c1cnn(CC)c1C. The van der Waals surface area contributed by atoms with E-state index in [0.717, 1.165) is 19.6 Å². The van der Waals surface area contributed by atoms with Gasteiger partial charge < -0.3 is 5.32 Å². The molecule has 0 fully saturated rings. The lowest BCUT2D eigenvalue weighted by Crippen LogP contribution is -2.20. The van der Waals surface area contributed by atoms with Gasteiger partial charge in [-0.05, 0) is 33.8 Å². The quantitative estimate of drug-likeness (QED) is 0.868. The van der Waals surface area contributed by atoms with Gasteiger partial charge in [-0.3, -0.25) is 9.36 Å². The van der Waals surface area contributed by atoms with Gasteiger partial charge >= 0.3 is 0 Å². The molecular weight excluding hydrogens is 238 g/mol. The van der Waals surface area contributed by atoms with Gasteiger partial charge in [0.1, 0.15) is 0 Å². The van der Waals surface area contributed by atoms with Crippen LogP contribution in [0.4, 0.5) is 0 Å². The molecule has 0 bridgehead atoms. The topological polar surface area (TPSA) is 47.7 Å². The maximum absolute atomic E-state index is 4.39. The van der Waals surface area contributed by atoms with E-state index < -0.39 is 0 Å². The van der Waals surface area contributed by atoms with Crippen LogP contribution in [0.15, 0.2) is 18.5 Å². The van der Waals surface area contributed by atoms with Crippen molar-refractivity contribution in [1.29, 1.82) is 0 Å². The van der Waals surface area contributed by atoms with Gasteiger partial charge in [0.2, 0.25) is 0 Å². The summed E-state index contributed by atoms with van der Waals surface area (Å²) in [7, 11) is 0. The van der Waals surface area contributed by atoms with E-state index in [1.54, 1.807) is 0 Å². The highest BCUT2D eigenvalue weighted by molar-refractivity contribution is 5.20. The molecule has 0 amide bonds. The van der Waals surface area contributed by atoms with Crippen LogP contribution in [0.1, 0.15) is 43.8 Å². The predicted octanol–water partition coefficient (Wildman–Crippen LogP) is 2.28. The lowest BCUT2D eigenvalue weighted by molar-refractivity contribution is 0.528. The van der Waals surface area contributed by atoms with Crippen molar-refractivity contribution in [2.45, 2.75) is 53.4 Å². The normalized spacial score (nSPS) is 12.8. The van der Waals surface area contributed by atoms with Gasteiger partial charge in [-0.2, -0.15) is 10.2 Å². The molecule has 1 unspecified atom stereocenters. The number of hydrogen-bond donors (Lipinski definition) is 1. The molecule has 19 heavy (non-hydrogen) atoms. The van der Waals surface area contributed by atoms with Gasteiger partial charge in [0.05, 0.1) is 11.9 Å². The highest BCUT2D eigenvalue weighted by Crippen LogP contribution is 2.17. The summed E-state index contributed by atoms with van der Waals surface area (Å²) in [5, 5.41) is 12.2. The van der Waals surface area contributed by atoms with E-state index in [1.807, 2.05) is 21.8 Å². The van der Waals surface area contributed by atoms with Gasteiger partial charge in [-0.15, -0.1) is 0 Å². The lowest BCUT2D eigenvalue weighted by atomic mass is 10.1. The standard InChI is InChI=1S/C14H23N5/c1-5-18-12(4)14(10-17-18)11(3)15-9-13-7-8-16-19(13)6-2/h7-8,10-11,15H,5-6,9H2,1-4H3. The molecule has 0 saturated heterocycles. The van der Waals surface area contributed by atoms with E-state index in [-0.39, 0.29) is 0 Å². The zero-order chi connectivity index (χ0) is 13.8. The Morgan fingerprint density at radius 2 is 1.95 bits per heavy atom. The Balaban J connectivity index is 2.01. The maximum atomic E-state index is 4.39. The van der Waals surface area contributed by atoms with Crippen molar-refractivity contribution in [3.8, 4) is 0 Å². The van der Waals surface area contributed by atoms with Gasteiger partial charge in [-0.1, -0.05) is 0 Å². The summed E-state index contributed by atoms with van der Waals surface area (Å²) in [4.78, 5) is 0. The Morgan fingerprint density at radius 1 is 1.21 bits per heavy atom. The van der Waals surface area contributed by atoms with Crippen molar-refractivity contribution < 1.29 is 0 Å². The van der Waals surface area contributed by atoms with Crippen molar-refractivity contribution in [3.05, 3.63) is 35.4 Å². The fourth-order valence-electron chi connectivity index (χ4n) is 2.37. The third kappa shape index (κ3) is 2.87. The van der Waals surface area contributed by atoms with Crippen molar-refractivity contribution in [1.82, 2.24) is 24.9 Å². The van der Waals surface area contributed by atoms with Crippen LogP contribution in [0.5, 0.6) is 0 Å². The first-order chi connectivity index (χ1) is 9.17. The molecule has 2 aromatic rings. The Kier molecular flexibility index (Phi) is 4.37. The molecule has 0 aliphatic heterocycles. The first-order valence-electron chi connectivity index (χ1n) is 6.93. The number of aromatic nitrogens is 4. The summed E-state index contributed by atoms with van der Waals surface area (Å²) in [6, 6.07) is 2.35. The average Bonchev–Trinajstić information content (AvgIpc) is 3.01. The van der Waals surface area contributed by atoms with Crippen molar-refractivity contribution >= 4 is 0 Å². The second-order valence-corrected chi connectivity index (χ2v) is 4.74. The van der Waals surface area contributed by atoms with Crippen LogP contribution >= 0.6 is 0 Å². The largest absolute Gasteiger partial charge is 0.304 e. The molecule has 2 heterocycles. The molecule has 2 aromatic heterocycles. The summed E-state index contributed by atoms with van der Waals surface area (Å²) >= 11 is 0. The highest BCUT2D eigenvalue weighted by Gasteiger charge is 2.12. The summed E-state index contributed by atoms with van der Waals surface area (Å²) < 4.78 is 4.05. The maximum Gasteiger partial charge on any atom is 0.0540 e. The molecule has 1 N–H and O–H groups in total. The summed E-state index contributed by atoms with van der Waals surface area (Å²) in [6.45, 7) is 11.2. The lowest BCUT2D eigenvalue weighted by Gasteiger charge is -2.14. The minimum absolute atomic E-state index is 0.292. The Bertz CT molecular complexity index is 526. The van der Waals surface area contributed by atoms with Crippen molar-refractivity contribution in [2.75, 3.05) is 0 Å². The Hall–Kier alpha value is -1.62. The van der Waals surface area contributed by atoms with E-state index >= 15 is 0 Å². The molecule has 5 nitrogen and oxygen atoms in total. The van der Waals surface area contributed by atoms with E-state index in [4.69, 9.17) is 0 Å². The van der Waals surface area contributed by atoms with Crippen molar-refractivity contribution in [2.24, 2.45) is 0 Å². The van der Waals surface area contributed by atoms with E-state index in [1.165, 1.54) is 17.0 Å². The van der Waals surface area contributed by atoms with Crippen LogP contribution in [0.25, 0.3) is 0 Å². The Morgan fingerprint density at radius 3 is 2.58 bits per heavy atom. The molecule has 0 aliphatic rings. The molecule has 0 saturated carbocycles. The first-order valence-corrected chi connectivity index (χ1v) is 6.93. The van der Waals surface area contributed by atoms with Gasteiger partial charge in [0.25, 0.3) is 0 Å². The predicted molar refractivity (Wildman–Crippen MR) is 75.8 cm³/mol. The summed E-state index contributed by atoms with van der Waals surface area (Å²) in [5.41, 5.74) is 3.73. The number of nitrogens with one attached hydrogen (secondary N) is 1. The van der Waals surface area contributed by atoms with Crippen LogP contribution < -0.4 is 5.32 Å². The van der Waals surface area contributed by atoms with Crippen LogP contribution in [0.2, 0.25) is 0 Å². The summed E-state index contributed by atoms with van der Waals surface area (Å²) in [5.74, 6) is 0. The van der Waals surface area contributed by atoms with Crippen LogP contribution in [0.3, 0.4) is 0 Å². The number of rotatable bonds is 6. The monoisotopic (exact) mass is 261 g/mol. The molecule has 0 radical (unpaired) electrons.